The Morgan fingerprint density at radius 2 is 2.41 bits per heavy atom. The van der Waals surface area contributed by atoms with E-state index in [1.165, 1.54) is 19.3 Å². The zero-order valence-corrected chi connectivity index (χ0v) is 10.2. The molecule has 1 unspecified atom stereocenters. The Bertz CT molecular complexity index is 408. The van der Waals surface area contributed by atoms with Gasteiger partial charge in [0, 0.05) is 19.1 Å². The highest BCUT2D eigenvalue weighted by Gasteiger charge is 2.22. The standard InChI is InChI=1S/C13H18N4/c1-15-10-12-6-2-3-8-17(12)13-7-4-5-11(9-14)16-13/h4-5,7,12,15H,2-3,6,8,10H2,1H3. The molecule has 2 heterocycles. The van der Waals surface area contributed by atoms with Gasteiger partial charge >= 0.3 is 0 Å². The van der Waals surface area contributed by atoms with E-state index in [1.807, 2.05) is 19.2 Å². The lowest BCUT2D eigenvalue weighted by atomic mass is 10.0. The van der Waals surface area contributed by atoms with Crippen LogP contribution in [0.4, 0.5) is 5.82 Å². The summed E-state index contributed by atoms with van der Waals surface area (Å²) in [5, 5.41) is 12.1. The van der Waals surface area contributed by atoms with Crippen molar-refractivity contribution in [2.75, 3.05) is 25.0 Å². The molecule has 0 amide bonds. The van der Waals surface area contributed by atoms with E-state index >= 15 is 0 Å². The topological polar surface area (TPSA) is 52.0 Å². The molecule has 1 aliphatic heterocycles. The molecule has 4 heteroatoms. The number of aromatic nitrogens is 1. The first-order valence-electron chi connectivity index (χ1n) is 6.13. The highest BCUT2D eigenvalue weighted by Crippen LogP contribution is 2.22. The highest BCUT2D eigenvalue weighted by atomic mass is 15.2. The van der Waals surface area contributed by atoms with Crippen LogP contribution in [0, 0.1) is 11.3 Å². The molecule has 1 aromatic heterocycles. The van der Waals surface area contributed by atoms with E-state index in [0.717, 1.165) is 18.9 Å². The van der Waals surface area contributed by atoms with E-state index in [9.17, 15) is 0 Å². The van der Waals surface area contributed by atoms with Gasteiger partial charge in [-0.2, -0.15) is 5.26 Å². The zero-order valence-electron chi connectivity index (χ0n) is 10.2. The van der Waals surface area contributed by atoms with E-state index in [4.69, 9.17) is 5.26 Å². The van der Waals surface area contributed by atoms with Gasteiger partial charge in [0.1, 0.15) is 17.6 Å². The molecule has 0 radical (unpaired) electrons. The monoisotopic (exact) mass is 230 g/mol. The van der Waals surface area contributed by atoms with Crippen molar-refractivity contribution in [2.45, 2.75) is 25.3 Å². The van der Waals surface area contributed by atoms with E-state index < -0.39 is 0 Å². The Labute approximate surface area is 102 Å². The van der Waals surface area contributed by atoms with Crippen LogP contribution in [0.1, 0.15) is 25.0 Å². The maximum Gasteiger partial charge on any atom is 0.142 e. The van der Waals surface area contributed by atoms with Gasteiger partial charge in [0.15, 0.2) is 0 Å². The van der Waals surface area contributed by atoms with Crippen LogP contribution in [0.3, 0.4) is 0 Å². The average Bonchev–Trinajstić information content (AvgIpc) is 2.40. The lowest BCUT2D eigenvalue weighted by molar-refractivity contribution is 0.443. The van der Waals surface area contributed by atoms with Crippen LogP contribution in [-0.2, 0) is 0 Å². The Morgan fingerprint density at radius 1 is 1.53 bits per heavy atom. The summed E-state index contributed by atoms with van der Waals surface area (Å²) in [7, 11) is 1.98. The number of nitrogens with one attached hydrogen (secondary N) is 1. The van der Waals surface area contributed by atoms with E-state index in [0.29, 0.717) is 11.7 Å². The maximum absolute atomic E-state index is 8.89. The van der Waals surface area contributed by atoms with E-state index in [1.54, 1.807) is 6.07 Å². The molecule has 1 atom stereocenters. The molecule has 0 saturated carbocycles. The van der Waals surface area contributed by atoms with Gasteiger partial charge in [0.05, 0.1) is 0 Å². The number of hydrogen-bond acceptors (Lipinski definition) is 4. The van der Waals surface area contributed by atoms with Gasteiger partial charge in [0.2, 0.25) is 0 Å². The minimum atomic E-state index is 0.496. The smallest absolute Gasteiger partial charge is 0.142 e. The van der Waals surface area contributed by atoms with Crippen LogP contribution in [0.2, 0.25) is 0 Å². The van der Waals surface area contributed by atoms with Crippen molar-refractivity contribution in [1.82, 2.24) is 10.3 Å². The fourth-order valence-electron chi connectivity index (χ4n) is 2.40. The van der Waals surface area contributed by atoms with Gasteiger partial charge in [0.25, 0.3) is 0 Å². The average molecular weight is 230 g/mol. The van der Waals surface area contributed by atoms with Gasteiger partial charge < -0.3 is 10.2 Å². The summed E-state index contributed by atoms with van der Waals surface area (Å²) in [6, 6.07) is 8.25. The second-order valence-electron chi connectivity index (χ2n) is 4.39. The summed E-state index contributed by atoms with van der Waals surface area (Å²) in [5.74, 6) is 0.934. The summed E-state index contributed by atoms with van der Waals surface area (Å²) in [6.07, 6.45) is 3.68. The molecule has 4 nitrogen and oxygen atoms in total. The first-order chi connectivity index (χ1) is 8.35. The second kappa shape index (κ2) is 5.65. The minimum Gasteiger partial charge on any atom is -0.352 e. The third kappa shape index (κ3) is 2.75. The Morgan fingerprint density at radius 3 is 3.18 bits per heavy atom. The van der Waals surface area contributed by atoms with Crippen molar-refractivity contribution in [3.63, 3.8) is 0 Å². The zero-order chi connectivity index (χ0) is 12.1. The summed E-state index contributed by atoms with van der Waals surface area (Å²) in [6.45, 7) is 2.01. The van der Waals surface area contributed by atoms with Crippen molar-refractivity contribution in [3.8, 4) is 6.07 Å². The normalized spacial score (nSPS) is 20.0. The number of piperidine rings is 1. The van der Waals surface area contributed by atoms with Gasteiger partial charge in [-0.3, -0.25) is 0 Å². The van der Waals surface area contributed by atoms with Crippen LogP contribution >= 0.6 is 0 Å². The quantitative estimate of drug-likeness (QED) is 0.855. The molecule has 1 aliphatic rings. The molecule has 2 rings (SSSR count). The number of hydrogen-bond donors (Lipinski definition) is 1. The van der Waals surface area contributed by atoms with Crippen molar-refractivity contribution in [3.05, 3.63) is 23.9 Å². The SMILES string of the molecule is CNCC1CCCCN1c1cccc(C#N)n1. The van der Waals surface area contributed by atoms with Crippen LogP contribution in [-0.4, -0.2) is 31.2 Å². The minimum absolute atomic E-state index is 0.496. The molecular weight excluding hydrogens is 212 g/mol. The molecule has 17 heavy (non-hydrogen) atoms. The molecule has 1 saturated heterocycles. The first-order valence-corrected chi connectivity index (χ1v) is 6.13. The molecule has 0 aromatic carbocycles. The van der Waals surface area contributed by atoms with Crippen molar-refractivity contribution in [2.24, 2.45) is 0 Å². The summed E-state index contributed by atoms with van der Waals surface area (Å²) in [5.41, 5.74) is 0.497. The lowest BCUT2D eigenvalue weighted by Crippen LogP contribution is -2.45. The highest BCUT2D eigenvalue weighted by molar-refractivity contribution is 5.43. The van der Waals surface area contributed by atoms with Gasteiger partial charge in [-0.05, 0) is 38.4 Å². The van der Waals surface area contributed by atoms with Crippen molar-refractivity contribution in [1.29, 1.82) is 5.26 Å². The maximum atomic E-state index is 8.89. The molecule has 90 valence electrons. The first kappa shape index (κ1) is 11.9. The number of anilines is 1. The number of rotatable bonds is 3. The number of nitrogens with zero attached hydrogens (tertiary/aromatic N) is 3. The Balaban J connectivity index is 2.20. The molecule has 1 N–H and O–H groups in total. The second-order valence-corrected chi connectivity index (χ2v) is 4.39. The third-order valence-electron chi connectivity index (χ3n) is 3.21. The Kier molecular flexibility index (Phi) is 3.94. The van der Waals surface area contributed by atoms with Crippen molar-refractivity contribution >= 4 is 5.82 Å². The van der Waals surface area contributed by atoms with Crippen molar-refractivity contribution < 1.29 is 0 Å². The number of nitriles is 1. The van der Waals surface area contributed by atoms with Crippen LogP contribution in [0.25, 0.3) is 0 Å². The summed E-state index contributed by atoms with van der Waals surface area (Å²) < 4.78 is 0. The molecule has 0 aliphatic carbocycles. The molecule has 0 bridgehead atoms. The van der Waals surface area contributed by atoms with Crippen LogP contribution < -0.4 is 10.2 Å². The van der Waals surface area contributed by atoms with Gasteiger partial charge in [-0.15, -0.1) is 0 Å². The predicted molar refractivity (Wildman–Crippen MR) is 67.9 cm³/mol. The van der Waals surface area contributed by atoms with E-state index in [-0.39, 0.29) is 0 Å². The molecule has 1 aromatic rings. The number of likely N-dealkylation sites (N-methyl/N-ethyl adjacent to an activating group) is 1. The van der Waals surface area contributed by atoms with Crippen LogP contribution in [0.15, 0.2) is 18.2 Å². The molecule has 1 fully saturated rings. The number of pyridine rings is 1. The summed E-state index contributed by atoms with van der Waals surface area (Å²) >= 11 is 0. The molecule has 0 spiro atoms. The van der Waals surface area contributed by atoms with Gasteiger partial charge in [-0.25, -0.2) is 4.98 Å². The molecular formula is C13H18N4. The van der Waals surface area contributed by atoms with Crippen LogP contribution in [0.5, 0.6) is 0 Å². The van der Waals surface area contributed by atoms with Gasteiger partial charge in [-0.1, -0.05) is 6.07 Å². The third-order valence-corrected chi connectivity index (χ3v) is 3.21. The van der Waals surface area contributed by atoms with E-state index in [2.05, 4.69) is 21.3 Å². The summed E-state index contributed by atoms with van der Waals surface area (Å²) in [4.78, 5) is 6.70. The Hall–Kier alpha value is -1.60. The largest absolute Gasteiger partial charge is 0.352 e. The fourth-order valence-corrected chi connectivity index (χ4v) is 2.40. The fraction of sp³-hybridized carbons (Fsp3) is 0.538. The predicted octanol–water partition coefficient (Wildman–Crippen LogP) is 1.53. The lowest BCUT2D eigenvalue weighted by Gasteiger charge is -2.36.